The normalized spacial score (nSPS) is 13.6. The number of aromatic nitrogens is 1. The number of anilines is 1. The predicted octanol–water partition coefficient (Wildman–Crippen LogP) is 4.27. The molecule has 1 aromatic carbocycles. The number of hydrogen-bond donors (Lipinski definition) is 1. The van der Waals surface area contributed by atoms with Gasteiger partial charge < -0.3 is 14.8 Å². The smallest absolute Gasteiger partial charge is 0.175 e. The van der Waals surface area contributed by atoms with E-state index in [1.54, 1.807) is 12.3 Å². The van der Waals surface area contributed by atoms with Crippen LogP contribution in [0.4, 0.5) is 5.69 Å². The number of rotatable bonds is 3. The predicted molar refractivity (Wildman–Crippen MR) is 86.3 cm³/mol. The number of pyridine rings is 1. The lowest BCUT2D eigenvalue weighted by Crippen LogP contribution is -2.01. The first-order valence-corrected chi connectivity index (χ1v) is 7.83. The van der Waals surface area contributed by atoms with Crippen molar-refractivity contribution in [1.29, 1.82) is 0 Å². The number of halogens is 2. The molecule has 21 heavy (non-hydrogen) atoms. The lowest BCUT2D eigenvalue weighted by Gasteiger charge is -2.12. The summed E-state index contributed by atoms with van der Waals surface area (Å²) in [4.78, 5) is 4.04. The Bertz CT molecular complexity index is 634. The average Bonchev–Trinajstić information content (AvgIpc) is 2.72. The largest absolute Gasteiger partial charge is 0.490 e. The Morgan fingerprint density at radius 1 is 1.24 bits per heavy atom. The standard InChI is InChI=1S/C15H14BrClN2O2/c16-12-6-10(7-13-15(12)21-5-1-4-20-13)8-18-11-2-3-14(17)19-9-11/h2-3,6-7,9,18H,1,4-5,8H2. The van der Waals surface area contributed by atoms with Gasteiger partial charge in [0.05, 0.1) is 29.6 Å². The fourth-order valence-electron chi connectivity index (χ4n) is 2.07. The number of nitrogens with one attached hydrogen (secondary N) is 1. The summed E-state index contributed by atoms with van der Waals surface area (Å²) < 4.78 is 12.3. The second kappa shape index (κ2) is 6.54. The molecule has 0 saturated heterocycles. The number of nitrogens with zero attached hydrogens (tertiary/aromatic N) is 1. The van der Waals surface area contributed by atoms with Crippen LogP contribution < -0.4 is 14.8 Å². The van der Waals surface area contributed by atoms with Gasteiger partial charge in [-0.2, -0.15) is 0 Å². The van der Waals surface area contributed by atoms with Crippen LogP contribution in [0, 0.1) is 0 Å². The van der Waals surface area contributed by atoms with Gasteiger partial charge in [-0.25, -0.2) is 4.98 Å². The molecule has 2 aromatic rings. The molecule has 3 rings (SSSR count). The molecule has 0 aliphatic carbocycles. The van der Waals surface area contributed by atoms with Crippen molar-refractivity contribution in [2.45, 2.75) is 13.0 Å². The van der Waals surface area contributed by atoms with E-state index in [0.29, 0.717) is 24.9 Å². The Morgan fingerprint density at radius 2 is 2.10 bits per heavy atom. The molecule has 0 radical (unpaired) electrons. The zero-order chi connectivity index (χ0) is 14.7. The molecule has 1 aliphatic rings. The minimum absolute atomic E-state index is 0.485. The number of fused-ring (bicyclic) bond motifs is 1. The first-order valence-electron chi connectivity index (χ1n) is 6.66. The number of hydrogen-bond acceptors (Lipinski definition) is 4. The molecule has 1 aliphatic heterocycles. The molecule has 1 N–H and O–H groups in total. The summed E-state index contributed by atoms with van der Waals surface area (Å²) >= 11 is 9.31. The van der Waals surface area contributed by atoms with Crippen molar-refractivity contribution in [3.63, 3.8) is 0 Å². The van der Waals surface area contributed by atoms with E-state index in [0.717, 1.165) is 33.6 Å². The average molecular weight is 370 g/mol. The van der Waals surface area contributed by atoms with Gasteiger partial charge in [0.25, 0.3) is 0 Å². The maximum Gasteiger partial charge on any atom is 0.175 e. The highest BCUT2D eigenvalue weighted by Crippen LogP contribution is 2.38. The number of benzene rings is 1. The van der Waals surface area contributed by atoms with E-state index in [9.17, 15) is 0 Å². The quantitative estimate of drug-likeness (QED) is 0.821. The number of ether oxygens (including phenoxy) is 2. The summed E-state index contributed by atoms with van der Waals surface area (Å²) in [6.07, 6.45) is 2.60. The molecule has 0 atom stereocenters. The van der Waals surface area contributed by atoms with Crippen LogP contribution >= 0.6 is 27.5 Å². The van der Waals surface area contributed by atoms with Gasteiger partial charge in [-0.1, -0.05) is 11.6 Å². The van der Waals surface area contributed by atoms with Crippen LogP contribution in [-0.4, -0.2) is 18.2 Å². The van der Waals surface area contributed by atoms with Crippen LogP contribution in [-0.2, 0) is 6.54 Å². The molecule has 110 valence electrons. The van der Waals surface area contributed by atoms with E-state index < -0.39 is 0 Å². The van der Waals surface area contributed by atoms with Gasteiger partial charge in [0.1, 0.15) is 5.15 Å². The van der Waals surface area contributed by atoms with Crippen molar-refractivity contribution < 1.29 is 9.47 Å². The lowest BCUT2D eigenvalue weighted by molar-refractivity contribution is 0.296. The second-order valence-corrected chi connectivity index (χ2v) is 5.92. The van der Waals surface area contributed by atoms with Gasteiger partial charge in [0, 0.05) is 13.0 Å². The SMILES string of the molecule is Clc1ccc(NCc2cc(Br)c3c(c2)OCCCO3)cn1. The van der Waals surface area contributed by atoms with E-state index in [4.69, 9.17) is 21.1 Å². The molecular formula is C15H14BrClN2O2. The summed E-state index contributed by atoms with van der Waals surface area (Å²) in [5, 5.41) is 3.78. The maximum atomic E-state index is 5.77. The van der Waals surface area contributed by atoms with Gasteiger partial charge in [-0.3, -0.25) is 0 Å². The highest BCUT2D eigenvalue weighted by molar-refractivity contribution is 9.10. The minimum atomic E-state index is 0.485. The van der Waals surface area contributed by atoms with Crippen molar-refractivity contribution >= 4 is 33.2 Å². The molecule has 0 bridgehead atoms. The third-order valence-electron chi connectivity index (χ3n) is 3.09. The maximum absolute atomic E-state index is 5.77. The van der Waals surface area contributed by atoms with Crippen molar-refractivity contribution in [2.75, 3.05) is 18.5 Å². The first-order chi connectivity index (χ1) is 10.2. The molecule has 0 unspecified atom stereocenters. The topological polar surface area (TPSA) is 43.4 Å². The summed E-state index contributed by atoms with van der Waals surface area (Å²) in [6, 6.07) is 7.69. The highest BCUT2D eigenvalue weighted by atomic mass is 79.9. The van der Waals surface area contributed by atoms with Gasteiger partial charge >= 0.3 is 0 Å². The van der Waals surface area contributed by atoms with E-state index in [1.165, 1.54) is 0 Å². The van der Waals surface area contributed by atoms with Gasteiger partial charge in [0.15, 0.2) is 11.5 Å². The van der Waals surface area contributed by atoms with Crippen LogP contribution in [0.1, 0.15) is 12.0 Å². The molecule has 0 spiro atoms. The van der Waals surface area contributed by atoms with Gasteiger partial charge in [0.2, 0.25) is 0 Å². The summed E-state index contributed by atoms with van der Waals surface area (Å²) in [5.74, 6) is 1.57. The third-order valence-corrected chi connectivity index (χ3v) is 3.90. The Morgan fingerprint density at radius 3 is 2.90 bits per heavy atom. The zero-order valence-electron chi connectivity index (χ0n) is 11.2. The highest BCUT2D eigenvalue weighted by Gasteiger charge is 2.15. The fraction of sp³-hybridized carbons (Fsp3) is 0.267. The molecule has 0 amide bonds. The van der Waals surface area contributed by atoms with E-state index in [2.05, 4.69) is 26.2 Å². The summed E-state index contributed by atoms with van der Waals surface area (Å²) in [5.41, 5.74) is 2.02. The molecule has 1 aromatic heterocycles. The Labute approximate surface area is 136 Å². The van der Waals surface area contributed by atoms with Gasteiger partial charge in [-0.05, 0) is 45.8 Å². The Hall–Kier alpha value is -1.46. The molecule has 0 fully saturated rings. The molecule has 6 heteroatoms. The van der Waals surface area contributed by atoms with E-state index in [1.807, 2.05) is 18.2 Å². The van der Waals surface area contributed by atoms with Crippen molar-refractivity contribution in [2.24, 2.45) is 0 Å². The molecule has 2 heterocycles. The van der Waals surface area contributed by atoms with Crippen LogP contribution in [0.25, 0.3) is 0 Å². The van der Waals surface area contributed by atoms with Crippen LogP contribution in [0.3, 0.4) is 0 Å². The van der Waals surface area contributed by atoms with E-state index in [-0.39, 0.29) is 0 Å². The zero-order valence-corrected chi connectivity index (χ0v) is 13.6. The minimum Gasteiger partial charge on any atom is -0.490 e. The van der Waals surface area contributed by atoms with Crippen molar-refractivity contribution in [3.8, 4) is 11.5 Å². The van der Waals surface area contributed by atoms with Crippen molar-refractivity contribution in [3.05, 3.63) is 45.7 Å². The van der Waals surface area contributed by atoms with Crippen molar-refractivity contribution in [1.82, 2.24) is 4.98 Å². The molecule has 4 nitrogen and oxygen atoms in total. The van der Waals surface area contributed by atoms with E-state index >= 15 is 0 Å². The first kappa shape index (κ1) is 14.5. The third kappa shape index (κ3) is 3.60. The van der Waals surface area contributed by atoms with Crippen LogP contribution in [0.2, 0.25) is 5.15 Å². The monoisotopic (exact) mass is 368 g/mol. The van der Waals surface area contributed by atoms with Crippen LogP contribution in [0.5, 0.6) is 11.5 Å². The molecule has 0 saturated carbocycles. The Balaban J connectivity index is 1.75. The Kier molecular flexibility index (Phi) is 4.51. The fourth-order valence-corrected chi connectivity index (χ4v) is 2.79. The summed E-state index contributed by atoms with van der Waals surface area (Å²) in [6.45, 7) is 2.02. The van der Waals surface area contributed by atoms with Crippen LogP contribution in [0.15, 0.2) is 34.9 Å². The lowest BCUT2D eigenvalue weighted by atomic mass is 10.2. The van der Waals surface area contributed by atoms with Gasteiger partial charge in [-0.15, -0.1) is 0 Å². The molecular weight excluding hydrogens is 356 g/mol. The second-order valence-electron chi connectivity index (χ2n) is 4.68. The summed E-state index contributed by atoms with van der Waals surface area (Å²) in [7, 11) is 0.